The van der Waals surface area contributed by atoms with Crippen molar-refractivity contribution in [2.45, 2.75) is 70.6 Å². The first-order valence-electron chi connectivity index (χ1n) is 7.49. The average molecular weight is 265 g/mol. The molecule has 0 atom stereocenters. The van der Waals surface area contributed by atoms with Crippen molar-refractivity contribution in [1.29, 1.82) is 0 Å². The second-order valence-electron chi connectivity index (χ2n) is 5.91. The number of hydrogen-bond acceptors (Lipinski definition) is 3. The molecule has 0 radical (unpaired) electrons. The van der Waals surface area contributed by atoms with Crippen molar-refractivity contribution < 1.29 is 4.74 Å². The number of H-pyrrole nitrogens is 1. The van der Waals surface area contributed by atoms with Gasteiger partial charge >= 0.3 is 0 Å². The van der Waals surface area contributed by atoms with E-state index in [1.807, 2.05) is 13.3 Å². The maximum atomic E-state index is 5.87. The van der Waals surface area contributed by atoms with Crippen LogP contribution < -0.4 is 5.32 Å². The Morgan fingerprint density at radius 1 is 1.32 bits per heavy atom. The van der Waals surface area contributed by atoms with E-state index in [-0.39, 0.29) is 5.60 Å². The SMILES string of the molecule is COC1(c2ncc(CNC(C)C)[nH]2)CCCCCC1. The van der Waals surface area contributed by atoms with Gasteiger partial charge in [-0.2, -0.15) is 0 Å². The first-order chi connectivity index (χ1) is 9.16. The van der Waals surface area contributed by atoms with Crippen molar-refractivity contribution in [2.24, 2.45) is 0 Å². The molecule has 1 saturated carbocycles. The van der Waals surface area contributed by atoms with E-state index in [0.29, 0.717) is 6.04 Å². The molecule has 1 aliphatic carbocycles. The van der Waals surface area contributed by atoms with Crippen LogP contribution in [0.5, 0.6) is 0 Å². The van der Waals surface area contributed by atoms with E-state index in [1.165, 1.54) is 25.7 Å². The van der Waals surface area contributed by atoms with E-state index in [1.54, 1.807) is 0 Å². The fourth-order valence-corrected chi connectivity index (χ4v) is 2.83. The van der Waals surface area contributed by atoms with Crippen LogP contribution in [0.25, 0.3) is 0 Å². The summed E-state index contributed by atoms with van der Waals surface area (Å²) in [6, 6.07) is 0.487. The van der Waals surface area contributed by atoms with Gasteiger partial charge in [0.1, 0.15) is 11.4 Å². The van der Waals surface area contributed by atoms with Crippen LogP contribution in [0.2, 0.25) is 0 Å². The fourth-order valence-electron chi connectivity index (χ4n) is 2.83. The smallest absolute Gasteiger partial charge is 0.138 e. The zero-order valence-corrected chi connectivity index (χ0v) is 12.5. The summed E-state index contributed by atoms with van der Waals surface area (Å²) in [5.74, 6) is 1.01. The number of aromatic amines is 1. The third-order valence-electron chi connectivity index (χ3n) is 4.06. The van der Waals surface area contributed by atoms with Crippen LogP contribution in [0.15, 0.2) is 6.20 Å². The lowest BCUT2D eigenvalue weighted by Gasteiger charge is -2.29. The first kappa shape index (κ1) is 14.5. The molecule has 19 heavy (non-hydrogen) atoms. The Morgan fingerprint density at radius 2 is 2.00 bits per heavy atom. The van der Waals surface area contributed by atoms with Crippen LogP contribution in [0.4, 0.5) is 0 Å². The monoisotopic (exact) mass is 265 g/mol. The summed E-state index contributed by atoms with van der Waals surface area (Å²) in [5, 5.41) is 3.41. The van der Waals surface area contributed by atoms with E-state index in [2.05, 4.69) is 29.1 Å². The molecule has 1 aliphatic rings. The highest BCUT2D eigenvalue weighted by atomic mass is 16.5. The Labute approximate surface area is 116 Å². The molecule has 0 amide bonds. The quantitative estimate of drug-likeness (QED) is 0.804. The minimum atomic E-state index is -0.188. The van der Waals surface area contributed by atoms with Gasteiger partial charge in [0.25, 0.3) is 0 Å². The predicted octanol–water partition coefficient (Wildman–Crippen LogP) is 3.10. The van der Waals surface area contributed by atoms with Gasteiger partial charge in [0.05, 0.1) is 0 Å². The van der Waals surface area contributed by atoms with E-state index >= 15 is 0 Å². The second kappa shape index (κ2) is 6.53. The normalized spacial score (nSPS) is 19.6. The Hall–Kier alpha value is -0.870. The molecule has 0 aliphatic heterocycles. The number of ether oxygens (including phenoxy) is 1. The zero-order valence-electron chi connectivity index (χ0n) is 12.5. The van der Waals surface area contributed by atoms with E-state index < -0.39 is 0 Å². The van der Waals surface area contributed by atoms with Gasteiger partial charge in [0.15, 0.2) is 0 Å². The summed E-state index contributed by atoms with van der Waals surface area (Å²) < 4.78 is 5.87. The lowest BCUT2D eigenvalue weighted by molar-refractivity contribution is -0.0345. The lowest BCUT2D eigenvalue weighted by atomic mass is 9.93. The Balaban J connectivity index is 2.09. The van der Waals surface area contributed by atoms with E-state index in [0.717, 1.165) is 30.9 Å². The van der Waals surface area contributed by atoms with Crippen LogP contribution in [0.3, 0.4) is 0 Å². The largest absolute Gasteiger partial charge is 0.370 e. The van der Waals surface area contributed by atoms with Gasteiger partial charge in [-0.1, -0.05) is 39.5 Å². The minimum absolute atomic E-state index is 0.188. The zero-order chi connectivity index (χ0) is 13.7. The standard InChI is InChI=1S/C15H27N3O/c1-12(2)16-10-13-11-17-14(18-13)15(19-3)8-6-4-5-7-9-15/h11-12,16H,4-10H2,1-3H3,(H,17,18). The molecule has 1 aromatic rings. The Morgan fingerprint density at radius 3 is 2.58 bits per heavy atom. The molecule has 0 spiro atoms. The van der Waals surface area contributed by atoms with Crippen molar-refractivity contribution in [1.82, 2.24) is 15.3 Å². The third kappa shape index (κ3) is 3.57. The van der Waals surface area contributed by atoms with Crippen LogP contribution in [0, 0.1) is 0 Å². The summed E-state index contributed by atoms with van der Waals surface area (Å²) >= 11 is 0. The van der Waals surface area contributed by atoms with Gasteiger partial charge in [0.2, 0.25) is 0 Å². The summed E-state index contributed by atoms with van der Waals surface area (Å²) in [5.41, 5.74) is 0.955. The van der Waals surface area contributed by atoms with Crippen molar-refractivity contribution in [3.8, 4) is 0 Å². The van der Waals surface area contributed by atoms with Crippen molar-refractivity contribution in [2.75, 3.05) is 7.11 Å². The molecule has 2 rings (SSSR count). The van der Waals surface area contributed by atoms with Gasteiger partial charge in [0, 0.05) is 31.6 Å². The van der Waals surface area contributed by atoms with Gasteiger partial charge in [-0.15, -0.1) is 0 Å². The summed E-state index contributed by atoms with van der Waals surface area (Å²) in [7, 11) is 1.82. The predicted molar refractivity (Wildman–Crippen MR) is 77.0 cm³/mol. The number of rotatable bonds is 5. The maximum absolute atomic E-state index is 5.87. The van der Waals surface area contributed by atoms with Crippen LogP contribution in [-0.4, -0.2) is 23.1 Å². The number of imidazole rings is 1. The van der Waals surface area contributed by atoms with E-state index in [4.69, 9.17) is 4.74 Å². The second-order valence-corrected chi connectivity index (χ2v) is 5.91. The molecule has 1 fully saturated rings. The molecule has 0 bridgehead atoms. The lowest BCUT2D eigenvalue weighted by Crippen LogP contribution is -2.29. The van der Waals surface area contributed by atoms with Crippen molar-refractivity contribution in [3.05, 3.63) is 17.7 Å². The van der Waals surface area contributed by atoms with Crippen LogP contribution in [0.1, 0.15) is 63.9 Å². The Kier molecular flexibility index (Phi) is 4.99. The number of nitrogens with one attached hydrogen (secondary N) is 2. The average Bonchev–Trinajstić information content (AvgIpc) is 2.74. The Bertz CT molecular complexity index is 378. The third-order valence-corrected chi connectivity index (χ3v) is 4.06. The van der Waals surface area contributed by atoms with Crippen LogP contribution in [-0.2, 0) is 16.9 Å². The maximum Gasteiger partial charge on any atom is 0.138 e. The summed E-state index contributed by atoms with van der Waals surface area (Å²) in [6.45, 7) is 5.14. The number of aromatic nitrogens is 2. The summed E-state index contributed by atoms with van der Waals surface area (Å²) in [4.78, 5) is 8.04. The minimum Gasteiger partial charge on any atom is -0.370 e. The number of methoxy groups -OCH3 is 1. The summed E-state index contributed by atoms with van der Waals surface area (Å²) in [6.07, 6.45) is 9.18. The van der Waals surface area contributed by atoms with Gasteiger partial charge in [-0.05, 0) is 12.8 Å². The van der Waals surface area contributed by atoms with E-state index in [9.17, 15) is 0 Å². The van der Waals surface area contributed by atoms with Crippen LogP contribution >= 0.6 is 0 Å². The van der Waals surface area contributed by atoms with Crippen molar-refractivity contribution in [3.63, 3.8) is 0 Å². The van der Waals surface area contributed by atoms with Gasteiger partial charge < -0.3 is 15.0 Å². The molecular weight excluding hydrogens is 238 g/mol. The molecule has 0 aromatic carbocycles. The molecule has 4 heteroatoms. The molecule has 1 aromatic heterocycles. The molecular formula is C15H27N3O. The molecule has 0 saturated heterocycles. The van der Waals surface area contributed by atoms with Gasteiger partial charge in [-0.25, -0.2) is 4.98 Å². The highest BCUT2D eigenvalue weighted by molar-refractivity contribution is 5.09. The highest BCUT2D eigenvalue weighted by Gasteiger charge is 2.35. The fraction of sp³-hybridized carbons (Fsp3) is 0.800. The molecule has 108 valence electrons. The van der Waals surface area contributed by atoms with Gasteiger partial charge in [-0.3, -0.25) is 0 Å². The topological polar surface area (TPSA) is 49.9 Å². The molecule has 4 nitrogen and oxygen atoms in total. The number of nitrogens with zero attached hydrogens (tertiary/aromatic N) is 1. The van der Waals surface area contributed by atoms with Crippen molar-refractivity contribution >= 4 is 0 Å². The molecule has 0 unspecified atom stereocenters. The molecule has 2 N–H and O–H groups in total. The number of hydrogen-bond donors (Lipinski definition) is 2. The highest BCUT2D eigenvalue weighted by Crippen LogP contribution is 2.37. The first-order valence-corrected chi connectivity index (χ1v) is 7.49. The molecule has 1 heterocycles.